The first-order chi connectivity index (χ1) is 12.6. The minimum absolute atomic E-state index is 0. The van der Waals surface area contributed by atoms with Gasteiger partial charge in [-0.3, -0.25) is 4.79 Å². The van der Waals surface area contributed by atoms with Crippen molar-refractivity contribution in [3.8, 4) is 0 Å². The standard InChI is InChI=1S/C18H32N6OS.HI/c1-3-20-18(23-13-16-22-12-14(2)26-16)21-8-4-5-9-24-10-6-15(7-11-24)17(19)25;/h12,15H,3-11,13H2,1-2H3,(H2,19,25)(H2,20,21,23);1H. The van der Waals surface area contributed by atoms with Crippen LogP contribution in [0.3, 0.4) is 0 Å². The zero-order valence-electron chi connectivity index (χ0n) is 16.4. The van der Waals surface area contributed by atoms with Crippen LogP contribution in [0.1, 0.15) is 42.5 Å². The van der Waals surface area contributed by atoms with E-state index in [0.29, 0.717) is 6.54 Å². The zero-order chi connectivity index (χ0) is 18.8. The van der Waals surface area contributed by atoms with Gasteiger partial charge in [0, 0.05) is 30.1 Å². The van der Waals surface area contributed by atoms with Crippen molar-refractivity contribution in [3.63, 3.8) is 0 Å². The number of amides is 1. The van der Waals surface area contributed by atoms with Crippen molar-refractivity contribution >= 4 is 47.2 Å². The number of aliphatic imine (C=N–C) groups is 1. The summed E-state index contributed by atoms with van der Waals surface area (Å²) >= 11 is 1.69. The lowest BCUT2D eigenvalue weighted by Crippen LogP contribution is -2.39. The number of hydrogen-bond donors (Lipinski definition) is 3. The molecule has 27 heavy (non-hydrogen) atoms. The predicted octanol–water partition coefficient (Wildman–Crippen LogP) is 2.10. The van der Waals surface area contributed by atoms with Gasteiger partial charge in [0.15, 0.2) is 5.96 Å². The number of primary amides is 1. The molecule has 4 N–H and O–H groups in total. The predicted molar refractivity (Wildman–Crippen MR) is 123 cm³/mol. The highest BCUT2D eigenvalue weighted by molar-refractivity contribution is 14.0. The summed E-state index contributed by atoms with van der Waals surface area (Å²) in [5.41, 5.74) is 5.38. The lowest BCUT2D eigenvalue weighted by Gasteiger charge is -2.30. The number of halogens is 1. The van der Waals surface area contributed by atoms with Gasteiger partial charge in [0.1, 0.15) is 5.01 Å². The van der Waals surface area contributed by atoms with Gasteiger partial charge in [-0.1, -0.05) is 0 Å². The van der Waals surface area contributed by atoms with Crippen LogP contribution in [-0.4, -0.2) is 54.5 Å². The second-order valence-electron chi connectivity index (χ2n) is 6.71. The smallest absolute Gasteiger partial charge is 0.220 e. The summed E-state index contributed by atoms with van der Waals surface area (Å²) in [4.78, 5) is 23.8. The van der Waals surface area contributed by atoms with E-state index in [1.807, 2.05) is 6.20 Å². The van der Waals surface area contributed by atoms with E-state index in [1.165, 1.54) is 4.88 Å². The number of carbonyl (C=O) groups excluding carboxylic acids is 1. The summed E-state index contributed by atoms with van der Waals surface area (Å²) in [6.07, 6.45) is 5.93. The number of unbranched alkanes of at least 4 members (excludes halogenated alkanes) is 1. The minimum atomic E-state index is -0.142. The number of guanidine groups is 1. The number of rotatable bonds is 9. The van der Waals surface area contributed by atoms with Crippen LogP contribution in [0.25, 0.3) is 0 Å². The maximum absolute atomic E-state index is 11.2. The highest BCUT2D eigenvalue weighted by Gasteiger charge is 2.22. The van der Waals surface area contributed by atoms with E-state index in [9.17, 15) is 4.79 Å². The van der Waals surface area contributed by atoms with Crippen molar-refractivity contribution in [2.24, 2.45) is 16.6 Å². The van der Waals surface area contributed by atoms with Gasteiger partial charge < -0.3 is 21.3 Å². The summed E-state index contributed by atoms with van der Waals surface area (Å²) in [5, 5.41) is 7.71. The summed E-state index contributed by atoms with van der Waals surface area (Å²) in [5.74, 6) is 0.785. The fourth-order valence-electron chi connectivity index (χ4n) is 3.07. The van der Waals surface area contributed by atoms with Gasteiger partial charge in [-0.25, -0.2) is 9.98 Å². The van der Waals surface area contributed by atoms with Gasteiger partial charge in [0.2, 0.25) is 5.91 Å². The molecule has 7 nitrogen and oxygen atoms in total. The number of hydrogen-bond acceptors (Lipinski definition) is 5. The van der Waals surface area contributed by atoms with Crippen molar-refractivity contribution in [2.45, 2.75) is 46.1 Å². The van der Waals surface area contributed by atoms with E-state index >= 15 is 0 Å². The highest BCUT2D eigenvalue weighted by Crippen LogP contribution is 2.16. The van der Waals surface area contributed by atoms with Gasteiger partial charge in [-0.15, -0.1) is 35.3 Å². The molecular weight excluding hydrogens is 475 g/mol. The van der Waals surface area contributed by atoms with E-state index in [1.54, 1.807) is 11.3 Å². The van der Waals surface area contributed by atoms with Crippen LogP contribution in [0.4, 0.5) is 0 Å². The molecule has 1 aromatic heterocycles. The van der Waals surface area contributed by atoms with E-state index < -0.39 is 0 Å². The summed E-state index contributed by atoms with van der Waals surface area (Å²) in [6, 6.07) is 0. The molecule has 1 aliphatic heterocycles. The number of likely N-dealkylation sites (tertiary alicyclic amines) is 1. The summed E-state index contributed by atoms with van der Waals surface area (Å²) in [6.45, 7) is 9.54. The van der Waals surface area contributed by atoms with Crippen molar-refractivity contribution in [3.05, 3.63) is 16.1 Å². The number of piperidine rings is 1. The van der Waals surface area contributed by atoms with Crippen LogP contribution in [0.2, 0.25) is 0 Å². The van der Waals surface area contributed by atoms with Crippen molar-refractivity contribution in [1.82, 2.24) is 20.5 Å². The molecule has 9 heteroatoms. The second-order valence-corrected chi connectivity index (χ2v) is 8.03. The molecule has 1 amide bonds. The van der Waals surface area contributed by atoms with Crippen LogP contribution in [0.15, 0.2) is 11.2 Å². The second kappa shape index (κ2) is 13.3. The largest absolute Gasteiger partial charge is 0.369 e. The van der Waals surface area contributed by atoms with Gasteiger partial charge >= 0.3 is 0 Å². The molecule has 0 aromatic carbocycles. The highest BCUT2D eigenvalue weighted by atomic mass is 127. The number of nitrogens with zero attached hydrogens (tertiary/aromatic N) is 3. The van der Waals surface area contributed by atoms with Crippen molar-refractivity contribution in [2.75, 3.05) is 32.7 Å². The molecule has 0 unspecified atom stereocenters. The first-order valence-electron chi connectivity index (χ1n) is 9.53. The van der Waals surface area contributed by atoms with Crippen LogP contribution in [0, 0.1) is 12.8 Å². The molecular formula is C18H33IN6OS. The number of aryl methyl sites for hydroxylation is 1. The first kappa shape index (κ1) is 24.1. The quantitative estimate of drug-likeness (QED) is 0.206. The van der Waals surface area contributed by atoms with E-state index in [-0.39, 0.29) is 35.8 Å². The molecule has 0 spiro atoms. The fraction of sp³-hybridized carbons (Fsp3) is 0.722. The molecule has 0 radical (unpaired) electrons. The average molecular weight is 508 g/mol. The molecule has 1 aliphatic rings. The molecule has 2 heterocycles. The van der Waals surface area contributed by atoms with E-state index in [2.05, 4.69) is 39.4 Å². The zero-order valence-corrected chi connectivity index (χ0v) is 19.5. The average Bonchev–Trinajstić information content (AvgIpc) is 3.05. The number of carbonyl (C=O) groups is 1. The molecule has 1 fully saturated rings. The Morgan fingerprint density at radius 2 is 2.11 bits per heavy atom. The Morgan fingerprint density at radius 3 is 2.70 bits per heavy atom. The molecule has 154 valence electrons. The van der Waals surface area contributed by atoms with Gasteiger partial charge in [-0.05, 0) is 59.2 Å². The normalized spacial score (nSPS) is 16.0. The van der Waals surface area contributed by atoms with Crippen LogP contribution in [0.5, 0.6) is 0 Å². The van der Waals surface area contributed by atoms with Crippen molar-refractivity contribution < 1.29 is 4.79 Å². The van der Waals surface area contributed by atoms with Gasteiger partial charge in [0.25, 0.3) is 0 Å². The van der Waals surface area contributed by atoms with Crippen LogP contribution < -0.4 is 16.4 Å². The first-order valence-corrected chi connectivity index (χ1v) is 10.3. The Balaban J connectivity index is 0.00000364. The maximum atomic E-state index is 11.2. The maximum Gasteiger partial charge on any atom is 0.220 e. The lowest BCUT2D eigenvalue weighted by atomic mass is 9.96. The van der Waals surface area contributed by atoms with Crippen LogP contribution >= 0.6 is 35.3 Å². The van der Waals surface area contributed by atoms with E-state index in [4.69, 9.17) is 5.73 Å². The molecule has 0 aliphatic carbocycles. The topological polar surface area (TPSA) is 95.6 Å². The monoisotopic (exact) mass is 508 g/mol. The number of aromatic nitrogens is 1. The Kier molecular flexibility index (Phi) is 11.8. The molecule has 1 aromatic rings. The number of nitrogens with one attached hydrogen (secondary N) is 2. The third kappa shape index (κ3) is 9.20. The molecule has 0 bridgehead atoms. The molecule has 1 saturated heterocycles. The minimum Gasteiger partial charge on any atom is -0.369 e. The molecule has 2 rings (SSSR count). The Bertz CT molecular complexity index is 586. The molecule has 0 saturated carbocycles. The Morgan fingerprint density at radius 1 is 1.37 bits per heavy atom. The Labute approximate surface area is 183 Å². The summed E-state index contributed by atoms with van der Waals surface area (Å²) < 4.78 is 0. The van der Waals surface area contributed by atoms with Gasteiger partial charge in [0.05, 0.1) is 6.54 Å². The lowest BCUT2D eigenvalue weighted by molar-refractivity contribution is -0.123. The van der Waals surface area contributed by atoms with Crippen LogP contribution in [-0.2, 0) is 11.3 Å². The number of thiazole rings is 1. The number of nitrogens with two attached hydrogens (primary N) is 1. The third-order valence-corrected chi connectivity index (χ3v) is 5.47. The van der Waals surface area contributed by atoms with Crippen molar-refractivity contribution in [1.29, 1.82) is 0 Å². The van der Waals surface area contributed by atoms with E-state index in [0.717, 1.165) is 69.4 Å². The summed E-state index contributed by atoms with van der Waals surface area (Å²) in [7, 11) is 0. The third-order valence-electron chi connectivity index (χ3n) is 4.57. The fourth-order valence-corrected chi connectivity index (χ4v) is 3.78. The Hall–Kier alpha value is -0.940. The SMILES string of the molecule is CCNC(=NCc1ncc(C)s1)NCCCCN1CCC(C(N)=O)CC1.I. The molecule has 0 atom stereocenters. The van der Waals surface area contributed by atoms with Gasteiger partial charge in [-0.2, -0.15) is 0 Å².